The number of pyridine rings is 2. The van der Waals surface area contributed by atoms with Gasteiger partial charge in [-0.2, -0.15) is 5.26 Å². The molecule has 0 aliphatic rings. The van der Waals surface area contributed by atoms with Crippen LogP contribution in [0.15, 0.2) is 73.1 Å². The average molecular weight is 582 g/mol. The molecule has 0 bridgehead atoms. The highest BCUT2D eigenvalue weighted by molar-refractivity contribution is 6.33. The maximum atomic E-state index is 14.8. The first-order chi connectivity index (χ1) is 20.0. The summed E-state index contributed by atoms with van der Waals surface area (Å²) in [6.45, 7) is 4.86. The number of benzene rings is 2. The fourth-order valence-corrected chi connectivity index (χ4v) is 4.54. The number of nitriles is 1. The van der Waals surface area contributed by atoms with E-state index in [4.69, 9.17) is 11.6 Å². The topological polar surface area (TPSA) is 137 Å². The molecule has 0 spiro atoms. The Kier molecular flexibility index (Phi) is 7.81. The number of carbonyl (C=O) groups excluding carboxylic acids is 1. The van der Waals surface area contributed by atoms with Crippen molar-refractivity contribution in [3.05, 3.63) is 107 Å². The van der Waals surface area contributed by atoms with E-state index in [1.54, 1.807) is 45.0 Å². The molecular weight excluding hydrogens is 557 g/mol. The standard InChI is InChI=1S/C31H25ClFN7O2/c1-17(21-12-18(14-34)8-10-22(21)33)37-26-13-25(20-15-35-30(36-16-20)31(2,3)42)39-28(32)27(26)40-29(41)24-11-9-19-6-4-5-7-23(19)38-24/h4-13,15-17,42H,1-3H3,(H,37,39)(H,40,41)/t17-/m1/s1. The van der Waals surface area contributed by atoms with Crippen LogP contribution in [0, 0.1) is 17.1 Å². The molecule has 5 rings (SSSR count). The lowest BCUT2D eigenvalue weighted by Gasteiger charge is -2.21. The zero-order chi connectivity index (χ0) is 30.0. The lowest BCUT2D eigenvalue weighted by Crippen LogP contribution is -2.19. The van der Waals surface area contributed by atoms with Gasteiger partial charge in [0.2, 0.25) is 0 Å². The number of hydrogen-bond donors (Lipinski definition) is 3. The lowest BCUT2D eigenvalue weighted by molar-refractivity contribution is 0.0687. The number of nitrogens with one attached hydrogen (secondary N) is 2. The maximum Gasteiger partial charge on any atom is 0.274 e. The Morgan fingerprint density at radius 2 is 1.81 bits per heavy atom. The Morgan fingerprint density at radius 1 is 1.07 bits per heavy atom. The van der Waals surface area contributed by atoms with E-state index in [2.05, 4.69) is 30.6 Å². The van der Waals surface area contributed by atoms with Crippen LogP contribution in [0.5, 0.6) is 0 Å². The number of carbonyl (C=O) groups is 1. The van der Waals surface area contributed by atoms with Crippen molar-refractivity contribution in [1.82, 2.24) is 19.9 Å². The van der Waals surface area contributed by atoms with E-state index in [1.807, 2.05) is 24.3 Å². The Balaban J connectivity index is 1.55. The summed E-state index contributed by atoms with van der Waals surface area (Å²) in [5, 5.41) is 26.4. The number of nitrogens with zero attached hydrogens (tertiary/aromatic N) is 5. The fourth-order valence-electron chi connectivity index (χ4n) is 4.30. The number of aromatic nitrogens is 4. The predicted molar refractivity (Wildman–Crippen MR) is 158 cm³/mol. The number of fused-ring (bicyclic) bond motifs is 1. The Labute approximate surface area is 246 Å². The van der Waals surface area contributed by atoms with E-state index < -0.39 is 23.4 Å². The number of hydrogen-bond acceptors (Lipinski definition) is 8. The lowest BCUT2D eigenvalue weighted by atomic mass is 10.0. The van der Waals surface area contributed by atoms with E-state index in [0.717, 1.165) is 5.39 Å². The van der Waals surface area contributed by atoms with E-state index in [9.17, 15) is 19.6 Å². The molecule has 1 atom stereocenters. The summed E-state index contributed by atoms with van der Waals surface area (Å²) in [6, 6.07) is 17.9. The highest BCUT2D eigenvalue weighted by atomic mass is 35.5. The van der Waals surface area contributed by atoms with Gasteiger partial charge in [0.25, 0.3) is 5.91 Å². The first-order valence-corrected chi connectivity index (χ1v) is 13.3. The van der Waals surface area contributed by atoms with Gasteiger partial charge in [0.05, 0.1) is 34.6 Å². The summed E-state index contributed by atoms with van der Waals surface area (Å²) >= 11 is 6.64. The molecule has 0 aliphatic heterocycles. The molecule has 0 fully saturated rings. The van der Waals surface area contributed by atoms with E-state index in [0.29, 0.717) is 28.0 Å². The van der Waals surface area contributed by atoms with Gasteiger partial charge in [-0.05, 0) is 57.2 Å². The molecular formula is C31H25ClFN7O2. The minimum Gasteiger partial charge on any atom is -0.382 e. The number of amides is 1. The molecule has 1 amide bonds. The van der Waals surface area contributed by atoms with Crippen LogP contribution in [0.3, 0.4) is 0 Å². The van der Waals surface area contributed by atoms with Crippen molar-refractivity contribution in [2.45, 2.75) is 32.4 Å². The van der Waals surface area contributed by atoms with Gasteiger partial charge in [-0.3, -0.25) is 4.79 Å². The molecule has 0 aliphatic carbocycles. The number of rotatable bonds is 7. The van der Waals surface area contributed by atoms with Crippen LogP contribution in [0.25, 0.3) is 22.2 Å². The molecule has 0 radical (unpaired) electrons. The average Bonchev–Trinajstić information content (AvgIpc) is 2.98. The molecule has 9 nitrogen and oxygen atoms in total. The van der Waals surface area contributed by atoms with Gasteiger partial charge < -0.3 is 15.7 Å². The Hall–Kier alpha value is -4.98. The molecule has 5 aromatic rings. The molecule has 3 heterocycles. The molecule has 210 valence electrons. The van der Waals surface area contributed by atoms with Crippen LogP contribution in [0.4, 0.5) is 15.8 Å². The third-order valence-corrected chi connectivity index (χ3v) is 6.78. The second kappa shape index (κ2) is 11.5. The summed E-state index contributed by atoms with van der Waals surface area (Å²) in [4.78, 5) is 30.7. The van der Waals surface area contributed by atoms with Gasteiger partial charge in [0.1, 0.15) is 22.8 Å². The molecule has 0 saturated heterocycles. The number of aliphatic hydroxyl groups is 1. The molecule has 2 aromatic carbocycles. The van der Waals surface area contributed by atoms with Gasteiger partial charge in [-0.15, -0.1) is 0 Å². The maximum absolute atomic E-state index is 14.8. The quantitative estimate of drug-likeness (QED) is 0.188. The summed E-state index contributed by atoms with van der Waals surface area (Å²) in [6.07, 6.45) is 3.00. The van der Waals surface area contributed by atoms with Crippen LogP contribution in [0.2, 0.25) is 5.15 Å². The summed E-state index contributed by atoms with van der Waals surface area (Å²) in [7, 11) is 0. The Morgan fingerprint density at radius 3 is 2.52 bits per heavy atom. The summed E-state index contributed by atoms with van der Waals surface area (Å²) < 4.78 is 14.8. The van der Waals surface area contributed by atoms with Gasteiger partial charge in [0, 0.05) is 28.9 Å². The van der Waals surface area contributed by atoms with Crippen molar-refractivity contribution in [3.8, 4) is 17.3 Å². The van der Waals surface area contributed by atoms with Crippen LogP contribution in [-0.4, -0.2) is 30.9 Å². The number of halogens is 2. The minimum atomic E-state index is -1.24. The molecule has 11 heteroatoms. The van der Waals surface area contributed by atoms with Crippen molar-refractivity contribution in [1.29, 1.82) is 5.26 Å². The minimum absolute atomic E-state index is 0.0471. The number of anilines is 2. The van der Waals surface area contributed by atoms with Crippen LogP contribution < -0.4 is 10.6 Å². The molecule has 0 unspecified atom stereocenters. The smallest absolute Gasteiger partial charge is 0.274 e. The van der Waals surface area contributed by atoms with Crippen molar-refractivity contribution in [2.75, 3.05) is 10.6 Å². The summed E-state index contributed by atoms with van der Waals surface area (Å²) in [5.74, 6) is -0.803. The third-order valence-electron chi connectivity index (χ3n) is 6.50. The fraction of sp³-hybridized carbons (Fsp3) is 0.161. The monoisotopic (exact) mass is 581 g/mol. The van der Waals surface area contributed by atoms with Crippen LogP contribution in [-0.2, 0) is 5.60 Å². The second-order valence-electron chi connectivity index (χ2n) is 10.1. The van der Waals surface area contributed by atoms with E-state index in [1.165, 1.54) is 30.6 Å². The van der Waals surface area contributed by atoms with Gasteiger partial charge in [-0.1, -0.05) is 35.9 Å². The normalized spacial score (nSPS) is 12.0. The van der Waals surface area contributed by atoms with E-state index >= 15 is 0 Å². The van der Waals surface area contributed by atoms with Crippen molar-refractivity contribution in [3.63, 3.8) is 0 Å². The zero-order valence-corrected chi connectivity index (χ0v) is 23.6. The number of para-hydroxylation sites is 1. The van der Waals surface area contributed by atoms with Crippen molar-refractivity contribution >= 4 is 39.8 Å². The first kappa shape index (κ1) is 28.5. The van der Waals surface area contributed by atoms with Gasteiger partial charge in [0.15, 0.2) is 11.0 Å². The zero-order valence-electron chi connectivity index (χ0n) is 22.9. The highest BCUT2D eigenvalue weighted by Crippen LogP contribution is 2.36. The molecule has 0 saturated carbocycles. The van der Waals surface area contributed by atoms with Crippen LogP contribution in [0.1, 0.15) is 54.3 Å². The van der Waals surface area contributed by atoms with Crippen molar-refractivity contribution in [2.24, 2.45) is 0 Å². The van der Waals surface area contributed by atoms with Crippen molar-refractivity contribution < 1.29 is 14.3 Å². The van der Waals surface area contributed by atoms with Gasteiger partial charge in [-0.25, -0.2) is 24.3 Å². The predicted octanol–water partition coefficient (Wildman–Crippen LogP) is 6.40. The second-order valence-corrected chi connectivity index (χ2v) is 10.5. The molecule has 3 aromatic heterocycles. The highest BCUT2D eigenvalue weighted by Gasteiger charge is 2.22. The van der Waals surface area contributed by atoms with Gasteiger partial charge >= 0.3 is 0 Å². The van der Waals surface area contributed by atoms with E-state index in [-0.39, 0.29) is 27.9 Å². The first-order valence-electron chi connectivity index (χ1n) is 12.9. The third kappa shape index (κ3) is 6.02. The summed E-state index contributed by atoms with van der Waals surface area (Å²) in [5.41, 5.74) is 1.47. The largest absolute Gasteiger partial charge is 0.382 e. The van der Waals surface area contributed by atoms with Crippen LogP contribution >= 0.6 is 11.6 Å². The molecule has 3 N–H and O–H groups in total. The molecule has 42 heavy (non-hydrogen) atoms. The Bertz CT molecular complexity index is 1850. The SMILES string of the molecule is C[C@@H](Nc1cc(-c2cnc(C(C)(C)O)nc2)nc(Cl)c1NC(=O)c1ccc2ccccc2n1)c1cc(C#N)ccc1F.